The minimum Gasteiger partial charge on any atom is -0.314 e. The number of alkyl halides is 3. The van der Waals surface area contributed by atoms with Crippen molar-refractivity contribution in [3.8, 4) is 0 Å². The van der Waals surface area contributed by atoms with Gasteiger partial charge in [0.1, 0.15) is 5.82 Å². The molecule has 3 rings (SSSR count). The number of benzene rings is 1. The molecule has 1 saturated heterocycles. The van der Waals surface area contributed by atoms with Crippen molar-refractivity contribution in [2.75, 3.05) is 26.2 Å². The minimum atomic E-state index is -4.44. The van der Waals surface area contributed by atoms with Crippen molar-refractivity contribution < 1.29 is 17.6 Å². The highest BCUT2D eigenvalue weighted by Gasteiger charge is 2.36. The van der Waals surface area contributed by atoms with Crippen LogP contribution in [0.15, 0.2) is 18.2 Å². The molecule has 0 radical (unpaired) electrons. The Morgan fingerprint density at radius 3 is 2.35 bits per heavy atom. The van der Waals surface area contributed by atoms with Gasteiger partial charge in [-0.3, -0.25) is 4.90 Å². The lowest BCUT2D eigenvalue weighted by Crippen LogP contribution is -2.47. The molecule has 1 N–H and O–H groups in total. The third kappa shape index (κ3) is 3.69. The van der Waals surface area contributed by atoms with E-state index in [4.69, 9.17) is 0 Å². The first-order chi connectivity index (χ1) is 11.0. The third-order valence-corrected chi connectivity index (χ3v) is 5.03. The number of nitrogens with zero attached hydrogens (tertiary/aromatic N) is 1. The van der Waals surface area contributed by atoms with Crippen LogP contribution in [-0.2, 0) is 6.18 Å². The maximum Gasteiger partial charge on any atom is 0.416 e. The summed E-state index contributed by atoms with van der Waals surface area (Å²) in [6.07, 6.45) is -0.359. The Morgan fingerprint density at radius 2 is 1.74 bits per heavy atom. The summed E-state index contributed by atoms with van der Waals surface area (Å²) in [5, 5.41) is 3.25. The summed E-state index contributed by atoms with van der Waals surface area (Å²) in [6.45, 7) is 3.08. The van der Waals surface area contributed by atoms with E-state index in [1.54, 1.807) is 0 Å². The Bertz CT molecular complexity index is 532. The Morgan fingerprint density at radius 1 is 1.09 bits per heavy atom. The van der Waals surface area contributed by atoms with Crippen LogP contribution in [0.4, 0.5) is 17.6 Å². The molecule has 1 saturated carbocycles. The average Bonchev–Trinajstić information content (AvgIpc) is 3.03. The van der Waals surface area contributed by atoms with Gasteiger partial charge in [-0.1, -0.05) is 12.8 Å². The summed E-state index contributed by atoms with van der Waals surface area (Å²) in [7, 11) is 0. The molecule has 23 heavy (non-hydrogen) atoms. The minimum absolute atomic E-state index is 0.216. The zero-order chi connectivity index (χ0) is 16.4. The molecular formula is C17H22F4N2. The second-order valence-corrected chi connectivity index (χ2v) is 6.51. The van der Waals surface area contributed by atoms with Crippen LogP contribution in [0, 0.1) is 11.7 Å². The van der Waals surface area contributed by atoms with E-state index in [1.807, 2.05) is 0 Å². The second-order valence-electron chi connectivity index (χ2n) is 6.51. The fraction of sp³-hybridized carbons (Fsp3) is 0.647. The van der Waals surface area contributed by atoms with Crippen molar-refractivity contribution in [3.05, 3.63) is 35.1 Å². The lowest BCUT2D eigenvalue weighted by atomic mass is 9.88. The molecule has 1 aromatic carbocycles. The van der Waals surface area contributed by atoms with Gasteiger partial charge in [-0.15, -0.1) is 0 Å². The number of rotatable bonds is 3. The van der Waals surface area contributed by atoms with Crippen LogP contribution >= 0.6 is 0 Å². The highest BCUT2D eigenvalue weighted by Crippen LogP contribution is 2.42. The van der Waals surface area contributed by atoms with Crippen LogP contribution in [0.2, 0.25) is 0 Å². The highest BCUT2D eigenvalue weighted by molar-refractivity contribution is 5.30. The number of nitrogens with one attached hydrogen (secondary N) is 1. The van der Waals surface area contributed by atoms with Crippen molar-refractivity contribution in [1.29, 1.82) is 0 Å². The molecule has 128 valence electrons. The second kappa shape index (κ2) is 6.77. The Kier molecular flexibility index (Phi) is 4.92. The zero-order valence-electron chi connectivity index (χ0n) is 13.0. The molecule has 2 nitrogen and oxygen atoms in total. The molecule has 2 aliphatic rings. The van der Waals surface area contributed by atoms with Gasteiger partial charge in [0.15, 0.2) is 0 Å². The van der Waals surface area contributed by atoms with Crippen LogP contribution < -0.4 is 5.32 Å². The monoisotopic (exact) mass is 330 g/mol. The molecule has 1 aliphatic heterocycles. The van der Waals surface area contributed by atoms with Gasteiger partial charge in [0.05, 0.1) is 5.56 Å². The Labute approximate surface area is 133 Å². The molecule has 1 heterocycles. The number of halogens is 4. The van der Waals surface area contributed by atoms with E-state index in [0.717, 1.165) is 70.1 Å². The van der Waals surface area contributed by atoms with E-state index in [-0.39, 0.29) is 17.5 Å². The molecule has 0 aromatic heterocycles. The normalized spacial score (nSPS) is 22.4. The summed E-state index contributed by atoms with van der Waals surface area (Å²) in [5.41, 5.74) is -0.541. The summed E-state index contributed by atoms with van der Waals surface area (Å²) < 4.78 is 53.5. The van der Waals surface area contributed by atoms with E-state index in [0.29, 0.717) is 0 Å². The Hall–Kier alpha value is -1.14. The first-order valence-corrected chi connectivity index (χ1v) is 8.28. The van der Waals surface area contributed by atoms with Gasteiger partial charge in [0.2, 0.25) is 0 Å². The zero-order valence-corrected chi connectivity index (χ0v) is 13.0. The first-order valence-electron chi connectivity index (χ1n) is 8.28. The molecule has 6 heteroatoms. The van der Waals surface area contributed by atoms with Gasteiger partial charge >= 0.3 is 6.18 Å². The quantitative estimate of drug-likeness (QED) is 0.844. The largest absolute Gasteiger partial charge is 0.416 e. The van der Waals surface area contributed by atoms with Crippen molar-refractivity contribution in [1.82, 2.24) is 10.2 Å². The predicted octanol–water partition coefficient (Wildman–Crippen LogP) is 3.98. The SMILES string of the molecule is Fc1ccc(C(F)(F)F)cc1[C@H](C1CCCC1)N1CCNCC1. The maximum absolute atomic E-state index is 14.4. The molecule has 1 aliphatic carbocycles. The molecule has 1 aromatic rings. The maximum atomic E-state index is 14.4. The van der Waals surface area contributed by atoms with Crippen molar-refractivity contribution in [2.24, 2.45) is 5.92 Å². The van der Waals surface area contributed by atoms with Crippen molar-refractivity contribution in [3.63, 3.8) is 0 Å². The van der Waals surface area contributed by atoms with E-state index in [9.17, 15) is 17.6 Å². The van der Waals surface area contributed by atoms with Gasteiger partial charge in [0, 0.05) is 37.8 Å². The molecular weight excluding hydrogens is 308 g/mol. The topological polar surface area (TPSA) is 15.3 Å². The molecule has 0 spiro atoms. The summed E-state index contributed by atoms with van der Waals surface area (Å²) in [6, 6.07) is 2.59. The Balaban J connectivity index is 1.98. The molecule has 0 bridgehead atoms. The van der Waals surface area contributed by atoms with E-state index in [1.165, 1.54) is 0 Å². The highest BCUT2D eigenvalue weighted by atomic mass is 19.4. The van der Waals surface area contributed by atoms with Gasteiger partial charge in [-0.25, -0.2) is 4.39 Å². The smallest absolute Gasteiger partial charge is 0.314 e. The van der Waals surface area contributed by atoms with Crippen LogP contribution in [0.5, 0.6) is 0 Å². The average molecular weight is 330 g/mol. The fourth-order valence-corrected chi connectivity index (χ4v) is 3.93. The predicted molar refractivity (Wildman–Crippen MR) is 80.5 cm³/mol. The summed E-state index contributed by atoms with van der Waals surface area (Å²) >= 11 is 0. The molecule has 0 amide bonds. The van der Waals surface area contributed by atoms with Crippen LogP contribution in [0.25, 0.3) is 0 Å². The van der Waals surface area contributed by atoms with Gasteiger partial charge in [-0.05, 0) is 37.0 Å². The van der Waals surface area contributed by atoms with Crippen LogP contribution in [0.3, 0.4) is 0 Å². The van der Waals surface area contributed by atoms with Crippen LogP contribution in [-0.4, -0.2) is 31.1 Å². The number of hydrogen-bond donors (Lipinski definition) is 1. The standard InChI is InChI=1S/C17H22F4N2/c18-15-6-5-13(17(19,20)21)11-14(15)16(12-3-1-2-4-12)23-9-7-22-8-10-23/h5-6,11-12,16,22H,1-4,7-10H2/t16-/m0/s1. The van der Waals surface area contributed by atoms with Crippen LogP contribution in [0.1, 0.15) is 42.9 Å². The van der Waals surface area contributed by atoms with Crippen molar-refractivity contribution >= 4 is 0 Å². The van der Waals surface area contributed by atoms with E-state index in [2.05, 4.69) is 10.2 Å². The summed E-state index contributed by atoms with van der Waals surface area (Å²) in [4.78, 5) is 2.16. The fourth-order valence-electron chi connectivity index (χ4n) is 3.93. The third-order valence-electron chi connectivity index (χ3n) is 5.03. The van der Waals surface area contributed by atoms with Gasteiger partial charge < -0.3 is 5.32 Å². The molecule has 0 unspecified atom stereocenters. The molecule has 2 fully saturated rings. The lowest BCUT2D eigenvalue weighted by Gasteiger charge is -2.39. The van der Waals surface area contributed by atoms with Gasteiger partial charge in [0.25, 0.3) is 0 Å². The number of hydrogen-bond acceptors (Lipinski definition) is 2. The lowest BCUT2D eigenvalue weighted by molar-refractivity contribution is -0.137. The summed E-state index contributed by atoms with van der Waals surface area (Å²) in [5.74, 6) is -0.278. The van der Waals surface area contributed by atoms with Gasteiger partial charge in [-0.2, -0.15) is 13.2 Å². The number of piperazine rings is 1. The van der Waals surface area contributed by atoms with E-state index < -0.39 is 17.6 Å². The van der Waals surface area contributed by atoms with E-state index >= 15 is 0 Å². The van der Waals surface area contributed by atoms with Crippen molar-refractivity contribution in [2.45, 2.75) is 37.9 Å². The molecule has 1 atom stereocenters. The first kappa shape index (κ1) is 16.7.